The van der Waals surface area contributed by atoms with Crippen LogP contribution in [0.5, 0.6) is 0 Å². The molecule has 1 saturated carbocycles. The van der Waals surface area contributed by atoms with Crippen molar-refractivity contribution in [3.63, 3.8) is 0 Å². The molecule has 88 valence electrons. The Bertz CT molecular complexity index is 391. The van der Waals surface area contributed by atoms with Crippen molar-refractivity contribution in [2.45, 2.75) is 19.8 Å². The molecule has 0 spiro atoms. The molecular formula is C11H15F2N3. The van der Waals surface area contributed by atoms with E-state index in [2.05, 4.69) is 4.98 Å². The molecule has 1 fully saturated rings. The highest BCUT2D eigenvalue weighted by Crippen LogP contribution is 2.31. The third-order valence-corrected chi connectivity index (χ3v) is 2.79. The largest absolute Gasteiger partial charge is 0.381 e. The molecule has 1 heterocycles. The van der Waals surface area contributed by atoms with Crippen molar-refractivity contribution in [1.82, 2.24) is 4.98 Å². The Hall–Kier alpha value is -1.39. The zero-order valence-electron chi connectivity index (χ0n) is 9.21. The van der Waals surface area contributed by atoms with E-state index < -0.39 is 11.6 Å². The summed E-state index contributed by atoms with van der Waals surface area (Å²) in [5.41, 5.74) is 5.35. The number of rotatable bonds is 4. The van der Waals surface area contributed by atoms with Gasteiger partial charge in [0.1, 0.15) is 0 Å². The molecular weight excluding hydrogens is 212 g/mol. The Morgan fingerprint density at radius 1 is 1.44 bits per heavy atom. The van der Waals surface area contributed by atoms with E-state index in [1.165, 1.54) is 12.8 Å². The lowest BCUT2D eigenvalue weighted by Gasteiger charge is -2.22. The number of anilines is 2. The molecule has 2 rings (SSSR count). The molecule has 2 N–H and O–H groups in total. The van der Waals surface area contributed by atoms with Gasteiger partial charge >= 0.3 is 0 Å². The van der Waals surface area contributed by atoms with E-state index in [0.29, 0.717) is 12.5 Å². The first-order valence-electron chi connectivity index (χ1n) is 5.48. The lowest BCUT2D eigenvalue weighted by molar-refractivity contribution is 0.569. The maximum absolute atomic E-state index is 13.5. The van der Waals surface area contributed by atoms with Crippen LogP contribution < -0.4 is 10.6 Å². The van der Waals surface area contributed by atoms with Crippen LogP contribution in [0.2, 0.25) is 0 Å². The van der Waals surface area contributed by atoms with E-state index >= 15 is 0 Å². The third kappa shape index (κ3) is 2.23. The minimum atomic E-state index is -0.802. The van der Waals surface area contributed by atoms with Crippen molar-refractivity contribution in [3.8, 4) is 0 Å². The van der Waals surface area contributed by atoms with E-state index in [1.807, 2.05) is 11.8 Å². The van der Waals surface area contributed by atoms with Gasteiger partial charge in [-0.3, -0.25) is 0 Å². The Kier molecular flexibility index (Phi) is 2.94. The maximum Gasteiger partial charge on any atom is 0.168 e. The fourth-order valence-corrected chi connectivity index (χ4v) is 1.67. The van der Waals surface area contributed by atoms with Crippen LogP contribution in [0.4, 0.5) is 20.4 Å². The number of nitrogens with two attached hydrogens (primary N) is 1. The van der Waals surface area contributed by atoms with E-state index in [-0.39, 0.29) is 11.6 Å². The minimum absolute atomic E-state index is 0.160. The molecule has 0 amide bonds. The van der Waals surface area contributed by atoms with E-state index in [9.17, 15) is 8.78 Å². The lowest BCUT2D eigenvalue weighted by Crippen LogP contribution is -2.27. The van der Waals surface area contributed by atoms with Gasteiger partial charge in [-0.05, 0) is 25.7 Å². The summed E-state index contributed by atoms with van der Waals surface area (Å²) in [5, 5.41) is 0. The van der Waals surface area contributed by atoms with Gasteiger partial charge in [-0.15, -0.1) is 0 Å². The average molecular weight is 227 g/mol. The van der Waals surface area contributed by atoms with Crippen LogP contribution >= 0.6 is 0 Å². The minimum Gasteiger partial charge on any atom is -0.381 e. The number of pyridine rings is 1. The number of aromatic nitrogens is 1. The van der Waals surface area contributed by atoms with Gasteiger partial charge in [0, 0.05) is 19.2 Å². The molecule has 1 aromatic heterocycles. The Morgan fingerprint density at radius 2 is 2.12 bits per heavy atom. The SMILES string of the molecule is CCN(CC1CC1)c1nc(N)c(F)cc1F. The predicted molar refractivity (Wildman–Crippen MR) is 59.2 cm³/mol. The zero-order valence-corrected chi connectivity index (χ0v) is 9.21. The summed E-state index contributed by atoms with van der Waals surface area (Å²) in [7, 11) is 0. The number of halogens is 2. The van der Waals surface area contributed by atoms with Gasteiger partial charge < -0.3 is 10.6 Å². The summed E-state index contributed by atoms with van der Waals surface area (Å²) in [4.78, 5) is 5.59. The zero-order chi connectivity index (χ0) is 11.7. The monoisotopic (exact) mass is 227 g/mol. The molecule has 3 nitrogen and oxygen atoms in total. The maximum atomic E-state index is 13.5. The average Bonchev–Trinajstić information content (AvgIpc) is 3.04. The Balaban J connectivity index is 2.25. The standard InChI is InChI=1S/C11H15F2N3/c1-2-16(6-7-3-4-7)11-9(13)5-8(12)10(14)15-11/h5,7H,2-4,6H2,1H3,(H2,14,15). The number of nitrogen functional groups attached to an aromatic ring is 1. The van der Waals surface area contributed by atoms with Gasteiger partial charge in [0.2, 0.25) is 0 Å². The smallest absolute Gasteiger partial charge is 0.168 e. The van der Waals surface area contributed by atoms with Crippen molar-refractivity contribution < 1.29 is 8.78 Å². The predicted octanol–water partition coefficient (Wildman–Crippen LogP) is 2.18. The first-order chi connectivity index (χ1) is 7.61. The van der Waals surface area contributed by atoms with Crippen molar-refractivity contribution in [3.05, 3.63) is 17.7 Å². The van der Waals surface area contributed by atoms with Crippen LogP contribution in [0.15, 0.2) is 6.07 Å². The van der Waals surface area contributed by atoms with Gasteiger partial charge in [-0.2, -0.15) is 0 Å². The molecule has 0 aromatic carbocycles. The third-order valence-electron chi connectivity index (χ3n) is 2.79. The number of hydrogen-bond acceptors (Lipinski definition) is 3. The highest BCUT2D eigenvalue weighted by molar-refractivity contribution is 5.47. The van der Waals surface area contributed by atoms with Crippen LogP contribution in [0, 0.1) is 17.6 Å². The quantitative estimate of drug-likeness (QED) is 0.857. The fourth-order valence-electron chi connectivity index (χ4n) is 1.67. The van der Waals surface area contributed by atoms with Gasteiger partial charge in [0.25, 0.3) is 0 Å². The van der Waals surface area contributed by atoms with Crippen molar-refractivity contribution in [2.24, 2.45) is 5.92 Å². The molecule has 0 unspecified atom stereocenters. The van der Waals surface area contributed by atoms with Gasteiger partial charge in [-0.25, -0.2) is 13.8 Å². The summed E-state index contributed by atoms with van der Waals surface area (Å²) >= 11 is 0. The van der Waals surface area contributed by atoms with Gasteiger partial charge in [-0.1, -0.05) is 0 Å². The second kappa shape index (κ2) is 4.23. The highest BCUT2D eigenvalue weighted by Gasteiger charge is 2.26. The van der Waals surface area contributed by atoms with Crippen LogP contribution in [0.1, 0.15) is 19.8 Å². The normalized spacial score (nSPS) is 15.2. The van der Waals surface area contributed by atoms with E-state index in [4.69, 9.17) is 5.73 Å². The molecule has 1 aromatic rings. The lowest BCUT2D eigenvalue weighted by atomic mass is 10.3. The molecule has 0 saturated heterocycles. The van der Waals surface area contributed by atoms with Crippen LogP contribution in [-0.4, -0.2) is 18.1 Å². The van der Waals surface area contributed by atoms with Crippen molar-refractivity contribution >= 4 is 11.6 Å². The van der Waals surface area contributed by atoms with E-state index in [0.717, 1.165) is 12.6 Å². The van der Waals surface area contributed by atoms with Gasteiger partial charge in [0.05, 0.1) is 0 Å². The van der Waals surface area contributed by atoms with Crippen LogP contribution in [-0.2, 0) is 0 Å². The number of nitrogens with zero attached hydrogens (tertiary/aromatic N) is 2. The van der Waals surface area contributed by atoms with Crippen LogP contribution in [0.25, 0.3) is 0 Å². The second-order valence-corrected chi connectivity index (χ2v) is 4.14. The first kappa shape index (κ1) is 11.1. The Labute approximate surface area is 93.3 Å². The molecule has 0 bridgehead atoms. The summed E-state index contributed by atoms with van der Waals surface area (Å²) in [6, 6.07) is 0.799. The van der Waals surface area contributed by atoms with Gasteiger partial charge in [0.15, 0.2) is 23.3 Å². The second-order valence-electron chi connectivity index (χ2n) is 4.14. The molecule has 1 aliphatic rings. The summed E-state index contributed by atoms with van der Waals surface area (Å²) in [6.45, 7) is 3.33. The summed E-state index contributed by atoms with van der Waals surface area (Å²) in [5.74, 6) is -0.913. The highest BCUT2D eigenvalue weighted by atomic mass is 19.1. The summed E-state index contributed by atoms with van der Waals surface area (Å²) < 4.78 is 26.5. The molecule has 0 aliphatic heterocycles. The van der Waals surface area contributed by atoms with E-state index in [1.54, 1.807) is 0 Å². The molecule has 0 radical (unpaired) electrons. The molecule has 1 aliphatic carbocycles. The summed E-state index contributed by atoms with van der Waals surface area (Å²) in [6.07, 6.45) is 2.35. The fraction of sp³-hybridized carbons (Fsp3) is 0.545. The van der Waals surface area contributed by atoms with Crippen molar-refractivity contribution in [2.75, 3.05) is 23.7 Å². The van der Waals surface area contributed by atoms with Crippen LogP contribution in [0.3, 0.4) is 0 Å². The topological polar surface area (TPSA) is 42.2 Å². The molecule has 16 heavy (non-hydrogen) atoms. The van der Waals surface area contributed by atoms with Crippen molar-refractivity contribution in [1.29, 1.82) is 0 Å². The first-order valence-corrected chi connectivity index (χ1v) is 5.48. The number of hydrogen-bond donors (Lipinski definition) is 1. The molecule has 5 heteroatoms. The Morgan fingerprint density at radius 3 is 2.69 bits per heavy atom. The molecule has 0 atom stereocenters.